The smallest absolute Gasteiger partial charge is 0.223 e. The molecule has 1 saturated heterocycles. The summed E-state index contributed by atoms with van der Waals surface area (Å²) in [4.78, 5) is 17.4. The van der Waals surface area contributed by atoms with E-state index in [1.807, 2.05) is 12.1 Å². The standard InChI is InChI=1S/C20H32N2O2/c1-21-13-11-18(12-14-21)22(16-19-8-5-15-24-19)20(23)10-9-17-6-3-2-4-7-17/h5,8,15,17-18H,2-4,6-7,9-14,16H2,1H3. The zero-order valence-electron chi connectivity index (χ0n) is 15.1. The number of amides is 1. The van der Waals surface area contributed by atoms with Gasteiger partial charge in [-0.05, 0) is 57.5 Å². The maximum atomic E-state index is 13.0. The quantitative estimate of drug-likeness (QED) is 0.788. The van der Waals surface area contributed by atoms with Crippen LogP contribution in [0.15, 0.2) is 22.8 Å². The predicted octanol–water partition coefficient (Wildman–Crippen LogP) is 4.06. The summed E-state index contributed by atoms with van der Waals surface area (Å²) in [6, 6.07) is 4.26. The fraction of sp³-hybridized carbons (Fsp3) is 0.750. The topological polar surface area (TPSA) is 36.7 Å². The first-order valence-corrected chi connectivity index (χ1v) is 9.73. The lowest BCUT2D eigenvalue weighted by molar-refractivity contribution is -0.136. The molecule has 4 heteroatoms. The molecule has 4 nitrogen and oxygen atoms in total. The summed E-state index contributed by atoms with van der Waals surface area (Å²) < 4.78 is 5.52. The Hall–Kier alpha value is -1.29. The normalized spacial score (nSPS) is 21.0. The molecule has 1 aromatic heterocycles. The van der Waals surface area contributed by atoms with Crippen molar-refractivity contribution in [3.8, 4) is 0 Å². The first-order chi connectivity index (χ1) is 11.7. The number of nitrogens with zero attached hydrogens (tertiary/aromatic N) is 2. The fourth-order valence-electron chi connectivity index (χ4n) is 4.24. The molecule has 1 aliphatic heterocycles. The molecule has 0 N–H and O–H groups in total. The summed E-state index contributed by atoms with van der Waals surface area (Å²) in [5, 5.41) is 0. The highest BCUT2D eigenvalue weighted by atomic mass is 16.3. The minimum Gasteiger partial charge on any atom is -0.467 e. The van der Waals surface area contributed by atoms with Gasteiger partial charge in [0.25, 0.3) is 0 Å². The molecule has 2 heterocycles. The third-order valence-corrected chi connectivity index (χ3v) is 5.85. The number of furan rings is 1. The molecule has 1 aliphatic carbocycles. The van der Waals surface area contributed by atoms with Crippen molar-refractivity contribution in [2.75, 3.05) is 20.1 Å². The minimum atomic E-state index is 0.325. The van der Waals surface area contributed by atoms with E-state index in [0.717, 1.165) is 44.0 Å². The van der Waals surface area contributed by atoms with Gasteiger partial charge in [-0.3, -0.25) is 4.79 Å². The summed E-state index contributed by atoms with van der Waals surface area (Å²) in [6.45, 7) is 2.79. The molecule has 1 saturated carbocycles. The molecule has 0 radical (unpaired) electrons. The Kier molecular flexibility index (Phi) is 6.36. The average Bonchev–Trinajstić information content (AvgIpc) is 3.13. The van der Waals surface area contributed by atoms with Gasteiger partial charge in [0, 0.05) is 12.5 Å². The summed E-state index contributed by atoms with van der Waals surface area (Å²) in [7, 11) is 2.16. The Balaban J connectivity index is 1.58. The average molecular weight is 332 g/mol. The molecule has 1 aromatic rings. The number of likely N-dealkylation sites (tertiary alicyclic amines) is 1. The Bertz CT molecular complexity index is 486. The Labute approximate surface area is 146 Å². The van der Waals surface area contributed by atoms with Crippen LogP contribution in [-0.2, 0) is 11.3 Å². The molecule has 1 amide bonds. The third-order valence-electron chi connectivity index (χ3n) is 5.85. The lowest BCUT2D eigenvalue weighted by Gasteiger charge is -2.37. The minimum absolute atomic E-state index is 0.325. The second-order valence-corrected chi connectivity index (χ2v) is 7.68. The van der Waals surface area contributed by atoms with Crippen molar-refractivity contribution in [3.05, 3.63) is 24.2 Å². The molecule has 0 aromatic carbocycles. The van der Waals surface area contributed by atoms with E-state index >= 15 is 0 Å². The molecular formula is C20H32N2O2. The van der Waals surface area contributed by atoms with Crippen molar-refractivity contribution in [1.82, 2.24) is 9.80 Å². The van der Waals surface area contributed by atoms with Crippen LogP contribution in [0, 0.1) is 5.92 Å². The first kappa shape index (κ1) is 17.5. The van der Waals surface area contributed by atoms with Crippen LogP contribution in [0.4, 0.5) is 0 Å². The molecule has 2 fully saturated rings. The number of carbonyl (C=O) groups is 1. The van der Waals surface area contributed by atoms with Crippen LogP contribution in [0.3, 0.4) is 0 Å². The highest BCUT2D eigenvalue weighted by molar-refractivity contribution is 5.76. The van der Waals surface area contributed by atoms with Gasteiger partial charge >= 0.3 is 0 Å². The molecule has 0 spiro atoms. The molecule has 0 bridgehead atoms. The van der Waals surface area contributed by atoms with Crippen LogP contribution >= 0.6 is 0 Å². The van der Waals surface area contributed by atoms with Crippen LogP contribution < -0.4 is 0 Å². The molecule has 0 atom stereocenters. The van der Waals surface area contributed by atoms with E-state index in [0.29, 0.717) is 24.9 Å². The number of piperidine rings is 1. The van der Waals surface area contributed by atoms with E-state index in [9.17, 15) is 4.79 Å². The number of carbonyl (C=O) groups excluding carboxylic acids is 1. The van der Waals surface area contributed by atoms with Crippen LogP contribution in [0.25, 0.3) is 0 Å². The summed E-state index contributed by atoms with van der Waals surface area (Å²) in [6.07, 6.45) is 12.4. The molecule has 24 heavy (non-hydrogen) atoms. The monoisotopic (exact) mass is 332 g/mol. The molecule has 134 valence electrons. The second kappa shape index (κ2) is 8.70. The first-order valence-electron chi connectivity index (χ1n) is 9.73. The van der Waals surface area contributed by atoms with Gasteiger partial charge in [0.05, 0.1) is 12.8 Å². The van der Waals surface area contributed by atoms with Crippen molar-refractivity contribution >= 4 is 5.91 Å². The Morgan fingerprint density at radius 3 is 2.62 bits per heavy atom. The zero-order valence-corrected chi connectivity index (χ0v) is 15.1. The van der Waals surface area contributed by atoms with E-state index in [1.165, 1.54) is 32.1 Å². The lowest BCUT2D eigenvalue weighted by Crippen LogP contribution is -2.46. The molecule has 0 unspecified atom stereocenters. The highest BCUT2D eigenvalue weighted by Crippen LogP contribution is 2.28. The fourth-order valence-corrected chi connectivity index (χ4v) is 4.24. The highest BCUT2D eigenvalue weighted by Gasteiger charge is 2.28. The second-order valence-electron chi connectivity index (χ2n) is 7.68. The third kappa shape index (κ3) is 4.85. The maximum absolute atomic E-state index is 13.0. The number of rotatable bonds is 6. The lowest BCUT2D eigenvalue weighted by atomic mass is 9.86. The van der Waals surface area contributed by atoms with Crippen LogP contribution in [0.5, 0.6) is 0 Å². The van der Waals surface area contributed by atoms with Gasteiger partial charge in [0.1, 0.15) is 5.76 Å². The van der Waals surface area contributed by atoms with Crippen molar-refractivity contribution in [2.24, 2.45) is 5.92 Å². The summed E-state index contributed by atoms with van der Waals surface area (Å²) in [5.74, 6) is 2.00. The van der Waals surface area contributed by atoms with Gasteiger partial charge in [-0.25, -0.2) is 0 Å². The molecule has 3 rings (SSSR count). The van der Waals surface area contributed by atoms with Gasteiger partial charge in [0.15, 0.2) is 0 Å². The van der Waals surface area contributed by atoms with E-state index in [1.54, 1.807) is 6.26 Å². The van der Waals surface area contributed by atoms with Crippen molar-refractivity contribution in [1.29, 1.82) is 0 Å². The maximum Gasteiger partial charge on any atom is 0.223 e. The van der Waals surface area contributed by atoms with Gasteiger partial charge in [-0.1, -0.05) is 32.1 Å². The van der Waals surface area contributed by atoms with Crippen LogP contribution in [-0.4, -0.2) is 41.9 Å². The zero-order chi connectivity index (χ0) is 16.8. The van der Waals surface area contributed by atoms with E-state index < -0.39 is 0 Å². The van der Waals surface area contributed by atoms with Crippen molar-refractivity contribution in [3.63, 3.8) is 0 Å². The van der Waals surface area contributed by atoms with Crippen molar-refractivity contribution < 1.29 is 9.21 Å². The largest absolute Gasteiger partial charge is 0.467 e. The predicted molar refractivity (Wildman–Crippen MR) is 95.6 cm³/mol. The summed E-state index contributed by atoms with van der Waals surface area (Å²) >= 11 is 0. The van der Waals surface area contributed by atoms with Crippen molar-refractivity contribution in [2.45, 2.75) is 70.4 Å². The number of hydrogen-bond donors (Lipinski definition) is 0. The van der Waals surface area contributed by atoms with E-state index in [2.05, 4.69) is 16.8 Å². The van der Waals surface area contributed by atoms with Crippen LogP contribution in [0.2, 0.25) is 0 Å². The summed E-state index contributed by atoms with van der Waals surface area (Å²) in [5.41, 5.74) is 0. The van der Waals surface area contributed by atoms with Gasteiger partial charge in [-0.15, -0.1) is 0 Å². The van der Waals surface area contributed by atoms with Gasteiger partial charge in [-0.2, -0.15) is 0 Å². The van der Waals surface area contributed by atoms with Crippen LogP contribution in [0.1, 0.15) is 63.5 Å². The Morgan fingerprint density at radius 1 is 1.21 bits per heavy atom. The Morgan fingerprint density at radius 2 is 1.96 bits per heavy atom. The molecular weight excluding hydrogens is 300 g/mol. The van der Waals surface area contributed by atoms with E-state index in [-0.39, 0.29) is 0 Å². The van der Waals surface area contributed by atoms with Gasteiger partial charge < -0.3 is 14.2 Å². The van der Waals surface area contributed by atoms with E-state index in [4.69, 9.17) is 4.42 Å². The molecule has 2 aliphatic rings. The van der Waals surface area contributed by atoms with Gasteiger partial charge in [0.2, 0.25) is 5.91 Å². The SMILES string of the molecule is CN1CCC(N(Cc2ccco2)C(=O)CCC2CCCCC2)CC1. The number of hydrogen-bond acceptors (Lipinski definition) is 3.